The van der Waals surface area contributed by atoms with Gasteiger partial charge in [-0.3, -0.25) is 14.4 Å². The highest BCUT2D eigenvalue weighted by molar-refractivity contribution is 6.31. The number of benzene rings is 2. The maximum atomic E-state index is 13.5. The molecule has 9 nitrogen and oxygen atoms in total. The standard InChI is InChI=1S/C25H24O9/c1-9(10(2)26)7-12-20(28)17-18(21(29)15-11(19(17)27)5-4-6-13(15)32-3)23(31)24(12)34-14-8-33-25-16(14)22(25)30/h4-6,9,14,16,22,25,28,30-31H,7-8H2,1-3H3/t9?,14?,16?,22?,25-/m1/s1. The van der Waals surface area contributed by atoms with Crippen molar-refractivity contribution >= 4 is 17.3 Å². The van der Waals surface area contributed by atoms with Crippen LogP contribution in [0.1, 0.15) is 51.3 Å². The highest BCUT2D eigenvalue weighted by atomic mass is 16.6. The van der Waals surface area contributed by atoms with Crippen LogP contribution in [0.5, 0.6) is 23.0 Å². The molecule has 1 saturated heterocycles. The van der Waals surface area contributed by atoms with Crippen LogP contribution in [0.4, 0.5) is 0 Å². The third-order valence-corrected chi connectivity index (χ3v) is 7.00. The van der Waals surface area contributed by atoms with Gasteiger partial charge >= 0.3 is 0 Å². The normalized spacial score (nSPS) is 25.3. The number of aliphatic hydroxyl groups is 1. The van der Waals surface area contributed by atoms with Gasteiger partial charge in [0.05, 0.1) is 48.5 Å². The van der Waals surface area contributed by atoms with E-state index in [1.165, 1.54) is 26.2 Å². The van der Waals surface area contributed by atoms with Gasteiger partial charge in [0.1, 0.15) is 23.4 Å². The molecule has 0 aromatic heterocycles. The first kappa shape index (κ1) is 22.4. The fraction of sp³-hybridized carbons (Fsp3) is 0.400. The molecule has 1 saturated carbocycles. The van der Waals surface area contributed by atoms with E-state index >= 15 is 0 Å². The molecule has 0 spiro atoms. The molecule has 5 rings (SSSR count). The Bertz CT molecular complexity index is 1250. The summed E-state index contributed by atoms with van der Waals surface area (Å²) in [4.78, 5) is 38.8. The first-order chi connectivity index (χ1) is 16.2. The van der Waals surface area contributed by atoms with Gasteiger partial charge in [0.15, 0.2) is 17.3 Å². The van der Waals surface area contributed by atoms with E-state index in [0.29, 0.717) is 0 Å². The number of aliphatic hydroxyl groups excluding tert-OH is 1. The molecule has 2 aliphatic carbocycles. The quantitative estimate of drug-likeness (QED) is 0.462. The van der Waals surface area contributed by atoms with Gasteiger partial charge in [-0.2, -0.15) is 0 Å². The van der Waals surface area contributed by atoms with E-state index in [-0.39, 0.29) is 70.1 Å². The van der Waals surface area contributed by atoms with E-state index in [9.17, 15) is 29.7 Å². The Balaban J connectivity index is 1.70. The Labute approximate surface area is 194 Å². The smallest absolute Gasteiger partial charge is 0.202 e. The number of rotatable bonds is 6. The summed E-state index contributed by atoms with van der Waals surface area (Å²) in [5, 5.41) is 32.5. The van der Waals surface area contributed by atoms with E-state index in [1.807, 2.05) is 0 Å². The molecule has 1 heterocycles. The highest BCUT2D eigenvalue weighted by Crippen LogP contribution is 2.51. The van der Waals surface area contributed by atoms with Gasteiger partial charge in [0, 0.05) is 17.0 Å². The van der Waals surface area contributed by atoms with E-state index in [1.54, 1.807) is 13.0 Å². The number of methoxy groups -OCH3 is 1. The van der Waals surface area contributed by atoms with Crippen molar-refractivity contribution in [3.05, 3.63) is 46.0 Å². The number of aromatic hydroxyl groups is 2. The molecule has 178 valence electrons. The van der Waals surface area contributed by atoms with Gasteiger partial charge in [0.25, 0.3) is 0 Å². The second-order valence-corrected chi connectivity index (χ2v) is 9.03. The fourth-order valence-electron chi connectivity index (χ4n) is 4.86. The molecular weight excluding hydrogens is 444 g/mol. The lowest BCUT2D eigenvalue weighted by Crippen LogP contribution is -2.27. The van der Waals surface area contributed by atoms with Crippen molar-refractivity contribution in [2.24, 2.45) is 11.8 Å². The predicted molar refractivity (Wildman–Crippen MR) is 117 cm³/mol. The van der Waals surface area contributed by atoms with Gasteiger partial charge < -0.3 is 29.5 Å². The molecule has 3 N–H and O–H groups in total. The van der Waals surface area contributed by atoms with Crippen LogP contribution in [0.15, 0.2) is 18.2 Å². The lowest BCUT2D eigenvalue weighted by atomic mass is 9.80. The molecule has 2 fully saturated rings. The van der Waals surface area contributed by atoms with Crippen molar-refractivity contribution in [2.45, 2.75) is 38.6 Å². The number of hydrogen-bond acceptors (Lipinski definition) is 9. The molecule has 5 atom stereocenters. The van der Waals surface area contributed by atoms with Crippen molar-refractivity contribution in [3.8, 4) is 23.0 Å². The van der Waals surface area contributed by atoms with Crippen LogP contribution in [-0.4, -0.2) is 64.7 Å². The second kappa shape index (κ2) is 7.82. The summed E-state index contributed by atoms with van der Waals surface area (Å²) in [6.45, 7) is 3.19. The number of Topliss-reactive ketones (excluding diaryl/α,β-unsaturated/α-hetero) is 1. The number of ketones is 3. The Hall–Kier alpha value is -3.43. The van der Waals surface area contributed by atoms with Crippen LogP contribution < -0.4 is 9.47 Å². The molecule has 3 aliphatic rings. The zero-order valence-electron chi connectivity index (χ0n) is 18.8. The maximum absolute atomic E-state index is 13.5. The Morgan fingerprint density at radius 2 is 1.85 bits per heavy atom. The number of carbonyl (C=O) groups excluding carboxylic acids is 3. The summed E-state index contributed by atoms with van der Waals surface area (Å²) < 4.78 is 16.7. The number of fused-ring (bicyclic) bond motifs is 3. The van der Waals surface area contributed by atoms with Crippen molar-refractivity contribution in [3.63, 3.8) is 0 Å². The van der Waals surface area contributed by atoms with Crippen LogP contribution in [0.2, 0.25) is 0 Å². The van der Waals surface area contributed by atoms with Gasteiger partial charge in [-0.25, -0.2) is 0 Å². The van der Waals surface area contributed by atoms with Crippen molar-refractivity contribution in [2.75, 3.05) is 13.7 Å². The molecule has 9 heteroatoms. The van der Waals surface area contributed by atoms with Crippen LogP contribution in [0.3, 0.4) is 0 Å². The highest BCUT2D eigenvalue weighted by Gasteiger charge is 2.61. The monoisotopic (exact) mass is 468 g/mol. The first-order valence-electron chi connectivity index (χ1n) is 11.0. The van der Waals surface area contributed by atoms with E-state index in [2.05, 4.69) is 0 Å². The summed E-state index contributed by atoms with van der Waals surface area (Å²) >= 11 is 0. The zero-order chi connectivity index (χ0) is 24.5. The second-order valence-electron chi connectivity index (χ2n) is 9.03. The first-order valence-corrected chi connectivity index (χ1v) is 11.0. The van der Waals surface area contributed by atoms with Crippen LogP contribution >= 0.6 is 0 Å². The van der Waals surface area contributed by atoms with Gasteiger partial charge in [-0.1, -0.05) is 19.1 Å². The molecule has 4 unspecified atom stereocenters. The Morgan fingerprint density at radius 3 is 2.47 bits per heavy atom. The molecular formula is C25H24O9. The minimum Gasteiger partial charge on any atom is -0.507 e. The molecule has 2 aromatic rings. The topological polar surface area (TPSA) is 140 Å². The number of ether oxygens (including phenoxy) is 3. The molecule has 0 radical (unpaired) electrons. The molecule has 0 amide bonds. The number of phenolic OH excluding ortho intramolecular Hbond substituents is 2. The SMILES string of the molecule is COc1cccc2c1C(=O)c1c(O)c(OC3CO[C@H]4C(O)C34)c(CC(C)C(C)=O)c(O)c1C2=O. The van der Waals surface area contributed by atoms with Crippen LogP contribution in [-0.2, 0) is 16.0 Å². The van der Waals surface area contributed by atoms with Crippen molar-refractivity contribution < 1.29 is 43.9 Å². The predicted octanol–water partition coefficient (Wildman–Crippen LogP) is 1.79. The average molecular weight is 468 g/mol. The summed E-state index contributed by atoms with van der Waals surface area (Å²) in [6, 6.07) is 4.53. The fourth-order valence-corrected chi connectivity index (χ4v) is 4.86. The van der Waals surface area contributed by atoms with Crippen LogP contribution in [0.25, 0.3) is 0 Å². The van der Waals surface area contributed by atoms with Crippen LogP contribution in [0, 0.1) is 11.8 Å². The lowest BCUT2D eigenvalue weighted by Gasteiger charge is -2.27. The zero-order valence-corrected chi connectivity index (χ0v) is 18.8. The number of phenols is 2. The van der Waals surface area contributed by atoms with E-state index in [0.717, 1.165) is 0 Å². The van der Waals surface area contributed by atoms with Crippen molar-refractivity contribution in [1.29, 1.82) is 0 Å². The lowest BCUT2D eigenvalue weighted by molar-refractivity contribution is -0.120. The molecule has 1 aliphatic heterocycles. The minimum absolute atomic E-state index is 0.0186. The van der Waals surface area contributed by atoms with Gasteiger partial charge in [0.2, 0.25) is 5.78 Å². The Kier molecular flexibility index (Phi) is 5.14. The van der Waals surface area contributed by atoms with Gasteiger partial charge in [-0.15, -0.1) is 0 Å². The third kappa shape index (κ3) is 3.11. The molecule has 0 bridgehead atoms. The van der Waals surface area contributed by atoms with Gasteiger partial charge in [-0.05, 0) is 19.4 Å². The average Bonchev–Trinajstić information content (AvgIpc) is 3.25. The molecule has 34 heavy (non-hydrogen) atoms. The maximum Gasteiger partial charge on any atom is 0.202 e. The summed E-state index contributed by atoms with van der Waals surface area (Å²) in [5.74, 6) is -3.55. The number of hydrogen-bond donors (Lipinski definition) is 3. The van der Waals surface area contributed by atoms with Crippen molar-refractivity contribution in [1.82, 2.24) is 0 Å². The summed E-state index contributed by atoms with van der Waals surface area (Å²) in [5.41, 5.74) is -0.659. The van der Waals surface area contributed by atoms with E-state index < -0.39 is 41.2 Å². The Morgan fingerprint density at radius 1 is 1.15 bits per heavy atom. The minimum atomic E-state index is -0.703. The summed E-state index contributed by atoms with van der Waals surface area (Å²) in [7, 11) is 1.36. The molecule has 2 aromatic carbocycles. The summed E-state index contributed by atoms with van der Waals surface area (Å²) in [6.07, 6.45) is -1.73. The van der Waals surface area contributed by atoms with E-state index in [4.69, 9.17) is 14.2 Å². The number of carbonyl (C=O) groups is 3. The largest absolute Gasteiger partial charge is 0.507 e. The third-order valence-electron chi connectivity index (χ3n) is 7.00.